The standard InChI is InChI=1S/C16H36N.2C4H2N2S2.Ni/c1-5-9-13-17(14-10-6-2,15-11-7-3)16-12-8-4;2*5-1-3(7)4(8)2-6;/h5-16H2,1-4H3;2*7-8H;/q+1;;;+3/p-4/b;2*4-3-;. The van der Waals surface area contributed by atoms with Gasteiger partial charge in [0.25, 0.3) is 0 Å². The molecule has 0 aromatic carbocycles. The molecule has 0 unspecified atom stereocenters. The number of nitriles is 4. The zero-order valence-electron chi connectivity index (χ0n) is 20.7. The number of unbranched alkanes of at least 4 members (excludes halogenated alkanes) is 4. The summed E-state index contributed by atoms with van der Waals surface area (Å²) in [7, 11) is 0. The molecule has 0 aromatic heterocycles. The van der Waals surface area contributed by atoms with Crippen molar-refractivity contribution in [1.82, 2.24) is 0 Å². The van der Waals surface area contributed by atoms with Gasteiger partial charge in [-0.1, -0.05) is 53.4 Å². The molecular formula is C24H36N5NiS4. The maximum absolute atomic E-state index is 8.01. The second-order valence-corrected chi connectivity index (χ2v) is 9.05. The van der Waals surface area contributed by atoms with Gasteiger partial charge in [0.2, 0.25) is 0 Å². The molecule has 0 saturated heterocycles. The Kier molecular flexibility index (Phi) is 32.9. The van der Waals surface area contributed by atoms with Crippen LogP contribution in [0.5, 0.6) is 0 Å². The molecule has 0 aliphatic rings. The first-order valence-corrected chi connectivity index (χ1v) is 12.9. The van der Waals surface area contributed by atoms with E-state index in [0.717, 1.165) is 0 Å². The van der Waals surface area contributed by atoms with E-state index in [4.69, 9.17) is 21.0 Å². The van der Waals surface area contributed by atoms with E-state index in [9.17, 15) is 0 Å². The number of rotatable bonds is 12. The van der Waals surface area contributed by atoms with Gasteiger partial charge in [-0.05, 0) is 25.7 Å². The summed E-state index contributed by atoms with van der Waals surface area (Å²) in [5, 5.41) is 32.0. The molecule has 0 fully saturated rings. The van der Waals surface area contributed by atoms with Crippen LogP contribution in [0.3, 0.4) is 0 Å². The van der Waals surface area contributed by atoms with E-state index in [-0.39, 0.29) is 36.1 Å². The molecule has 0 aliphatic carbocycles. The van der Waals surface area contributed by atoms with Crippen LogP contribution in [-0.4, -0.2) is 30.7 Å². The Bertz CT molecular complexity index is 628. The minimum absolute atomic E-state index is 0. The molecule has 1 radical (unpaired) electrons. The van der Waals surface area contributed by atoms with Crippen LogP contribution in [0.25, 0.3) is 0 Å². The molecule has 0 aromatic rings. The first-order valence-electron chi connectivity index (χ1n) is 11.3. The van der Waals surface area contributed by atoms with E-state index < -0.39 is 0 Å². The molecule has 34 heavy (non-hydrogen) atoms. The van der Waals surface area contributed by atoms with Crippen molar-refractivity contribution in [2.45, 2.75) is 79.1 Å². The SMILES string of the molecule is CCCC[N+](CCCC)(CCCC)CCCC.N#C/C([S-])=C(/[S-])C#N.N#C/C([S-])=C(/[S-])C#N.[Ni+3]. The summed E-state index contributed by atoms with van der Waals surface area (Å²) in [6, 6.07) is 6.33. The van der Waals surface area contributed by atoms with Crippen molar-refractivity contribution in [3.05, 3.63) is 19.6 Å². The van der Waals surface area contributed by atoms with Gasteiger partial charge in [0.1, 0.15) is 0 Å². The molecule has 191 valence electrons. The molecule has 0 heterocycles. The van der Waals surface area contributed by atoms with Crippen molar-refractivity contribution in [2.75, 3.05) is 26.2 Å². The molecule has 0 amide bonds. The average molecular weight is 582 g/mol. The third-order valence-electron chi connectivity index (χ3n) is 4.76. The minimum atomic E-state index is -0.109. The molecule has 10 heteroatoms. The second-order valence-electron chi connectivity index (χ2n) is 7.41. The van der Waals surface area contributed by atoms with Gasteiger partial charge in [0.15, 0.2) is 0 Å². The van der Waals surface area contributed by atoms with Crippen molar-refractivity contribution in [1.29, 1.82) is 21.0 Å². The molecule has 0 spiro atoms. The number of hydrogen-bond donors (Lipinski definition) is 0. The predicted molar refractivity (Wildman–Crippen MR) is 145 cm³/mol. The largest absolute Gasteiger partial charge is 3.00 e. The first-order chi connectivity index (χ1) is 15.7. The molecule has 0 atom stereocenters. The molecule has 5 nitrogen and oxygen atoms in total. The van der Waals surface area contributed by atoms with Gasteiger partial charge in [0.05, 0.1) is 50.5 Å². The van der Waals surface area contributed by atoms with Crippen molar-refractivity contribution in [2.24, 2.45) is 0 Å². The Morgan fingerprint density at radius 2 is 0.676 bits per heavy atom. The van der Waals surface area contributed by atoms with Crippen LogP contribution in [0.4, 0.5) is 0 Å². The van der Waals surface area contributed by atoms with Crippen LogP contribution in [0, 0.1) is 45.3 Å². The second kappa shape index (κ2) is 28.0. The summed E-state index contributed by atoms with van der Waals surface area (Å²) in [6.45, 7) is 15.0. The number of hydrogen-bond acceptors (Lipinski definition) is 8. The molecule has 0 rings (SSSR count). The zero-order chi connectivity index (χ0) is 26.1. The molecular weight excluding hydrogens is 545 g/mol. The van der Waals surface area contributed by atoms with Crippen LogP contribution >= 0.6 is 0 Å². The van der Waals surface area contributed by atoms with Gasteiger partial charge >= 0.3 is 16.5 Å². The summed E-state index contributed by atoms with van der Waals surface area (Å²) < 4.78 is 1.42. The van der Waals surface area contributed by atoms with Gasteiger partial charge in [-0.2, -0.15) is 21.0 Å². The number of nitrogens with zero attached hydrogens (tertiary/aromatic N) is 5. The first kappa shape index (κ1) is 40.0. The van der Waals surface area contributed by atoms with E-state index in [1.807, 2.05) is 0 Å². The Morgan fingerprint density at radius 3 is 0.794 bits per heavy atom. The van der Waals surface area contributed by atoms with E-state index in [2.05, 4.69) is 78.2 Å². The Morgan fingerprint density at radius 1 is 0.500 bits per heavy atom. The third-order valence-corrected chi connectivity index (χ3v) is 6.20. The van der Waals surface area contributed by atoms with Crippen LogP contribution in [0.2, 0.25) is 0 Å². The minimum Gasteiger partial charge on any atom is -0.770 e. The van der Waals surface area contributed by atoms with E-state index in [0.29, 0.717) is 0 Å². The molecule has 0 saturated carbocycles. The fraction of sp³-hybridized carbons (Fsp3) is 0.667. The Labute approximate surface area is 240 Å². The van der Waals surface area contributed by atoms with Crippen molar-refractivity contribution >= 4 is 50.5 Å². The van der Waals surface area contributed by atoms with Gasteiger partial charge in [-0.15, -0.1) is 19.6 Å². The van der Waals surface area contributed by atoms with Gasteiger partial charge in [-0.3, -0.25) is 0 Å². The predicted octanol–water partition coefficient (Wildman–Crippen LogP) is 5.68. The summed E-state index contributed by atoms with van der Waals surface area (Å²) in [6.07, 6.45) is 11.1. The Hall–Kier alpha value is -1.23. The summed E-state index contributed by atoms with van der Waals surface area (Å²) in [4.78, 5) is -0.435. The summed E-state index contributed by atoms with van der Waals surface area (Å²) >= 11 is 17.4. The van der Waals surface area contributed by atoms with E-state index >= 15 is 0 Å². The summed E-state index contributed by atoms with van der Waals surface area (Å²) in [5.74, 6) is 0. The topological polar surface area (TPSA) is 95.2 Å². The Balaban J connectivity index is -0.000000222. The van der Waals surface area contributed by atoms with Crippen LogP contribution in [-0.2, 0) is 67.0 Å². The van der Waals surface area contributed by atoms with Crippen molar-refractivity contribution < 1.29 is 21.0 Å². The normalized spacial score (nSPS) is 11.1. The fourth-order valence-electron chi connectivity index (χ4n) is 2.85. The van der Waals surface area contributed by atoms with Crippen LogP contribution < -0.4 is 0 Å². The fourth-order valence-corrected chi connectivity index (χ4v) is 3.03. The smallest absolute Gasteiger partial charge is 0.770 e. The number of allylic oxidation sites excluding steroid dienone is 4. The van der Waals surface area contributed by atoms with E-state index in [1.165, 1.54) is 82.0 Å². The number of quaternary nitrogens is 1. The average Bonchev–Trinajstić information content (AvgIpc) is 2.86. The van der Waals surface area contributed by atoms with Crippen molar-refractivity contribution in [3.8, 4) is 24.3 Å². The maximum atomic E-state index is 8.01. The molecule has 0 bridgehead atoms. The zero-order valence-corrected chi connectivity index (χ0v) is 24.9. The molecule has 0 N–H and O–H groups in total. The van der Waals surface area contributed by atoms with E-state index in [1.54, 1.807) is 24.3 Å². The quantitative estimate of drug-likeness (QED) is 0.126. The third kappa shape index (κ3) is 22.6. The van der Waals surface area contributed by atoms with Gasteiger partial charge < -0.3 is 55.0 Å². The van der Waals surface area contributed by atoms with Crippen molar-refractivity contribution in [3.63, 3.8) is 0 Å². The van der Waals surface area contributed by atoms with Gasteiger partial charge in [-0.25, -0.2) is 0 Å². The molecule has 0 aliphatic heterocycles. The van der Waals surface area contributed by atoms with Crippen LogP contribution in [0.15, 0.2) is 19.6 Å². The van der Waals surface area contributed by atoms with Crippen LogP contribution in [0.1, 0.15) is 79.1 Å². The maximum Gasteiger partial charge on any atom is 3.00 e. The summed E-state index contributed by atoms with van der Waals surface area (Å²) in [5.41, 5.74) is 0. The van der Waals surface area contributed by atoms with Gasteiger partial charge in [0, 0.05) is 0 Å². The monoisotopic (exact) mass is 580 g/mol.